The van der Waals surface area contributed by atoms with Crippen LogP contribution in [-0.4, -0.2) is 58.2 Å². The molecule has 3 atom stereocenters. The molecule has 0 radical (unpaired) electrons. The number of nitrogens with one attached hydrogen (secondary N) is 1. The molecule has 0 aliphatic carbocycles. The van der Waals surface area contributed by atoms with E-state index in [9.17, 15) is 24.3 Å². The van der Waals surface area contributed by atoms with Crippen LogP contribution in [0.15, 0.2) is 36.4 Å². The van der Waals surface area contributed by atoms with E-state index in [1.54, 1.807) is 78.8 Å². The van der Waals surface area contributed by atoms with Crippen molar-refractivity contribution in [1.82, 2.24) is 5.32 Å². The highest BCUT2D eigenvalue weighted by Crippen LogP contribution is 2.26. The highest BCUT2D eigenvalue weighted by molar-refractivity contribution is 5.88. The lowest BCUT2D eigenvalue weighted by atomic mass is 9.84. The van der Waals surface area contributed by atoms with Crippen molar-refractivity contribution in [2.24, 2.45) is 5.92 Å². The predicted molar refractivity (Wildman–Crippen MR) is 207 cm³/mol. The van der Waals surface area contributed by atoms with Crippen LogP contribution in [0.1, 0.15) is 151 Å². The molecule has 1 rings (SSSR count). The zero-order valence-corrected chi connectivity index (χ0v) is 33.5. The van der Waals surface area contributed by atoms with Crippen LogP contribution in [-0.2, 0) is 35.1 Å². The number of hydrogen-bond acceptors (Lipinski definition) is 8. The number of ether oxygens (including phenoxy) is 3. The maximum Gasteiger partial charge on any atom is 0.329 e. The largest absolute Gasteiger partial charge is 0.481 e. The number of benzene rings is 1. The summed E-state index contributed by atoms with van der Waals surface area (Å²) < 4.78 is 16.7. The third-order valence-corrected chi connectivity index (χ3v) is 8.20. The van der Waals surface area contributed by atoms with Crippen molar-refractivity contribution in [3.05, 3.63) is 42.0 Å². The molecule has 2 N–H and O–H groups in total. The number of hydrogen-bond donors (Lipinski definition) is 2. The van der Waals surface area contributed by atoms with Crippen LogP contribution >= 0.6 is 0 Å². The van der Waals surface area contributed by atoms with Gasteiger partial charge in [0.05, 0.1) is 17.9 Å². The van der Waals surface area contributed by atoms with Crippen molar-refractivity contribution in [3.63, 3.8) is 0 Å². The Labute approximate surface area is 314 Å². The smallest absolute Gasteiger partial charge is 0.329 e. The van der Waals surface area contributed by atoms with Crippen molar-refractivity contribution in [2.75, 3.05) is 6.61 Å². The first kappa shape index (κ1) is 46.4. The number of amides is 1. The van der Waals surface area contributed by atoms with Crippen molar-refractivity contribution in [1.29, 1.82) is 0 Å². The maximum atomic E-state index is 14.0. The highest BCUT2D eigenvalue weighted by atomic mass is 16.6. The molecule has 0 aromatic heterocycles. The summed E-state index contributed by atoms with van der Waals surface area (Å²) in [5.74, 6) is 3.52. The van der Waals surface area contributed by atoms with Gasteiger partial charge in [-0.25, -0.2) is 4.79 Å². The molecule has 0 fully saturated rings. The van der Waals surface area contributed by atoms with Gasteiger partial charge < -0.3 is 24.6 Å². The van der Waals surface area contributed by atoms with Gasteiger partial charge in [0.1, 0.15) is 35.4 Å². The number of aliphatic hydroxyl groups is 1. The molecule has 0 saturated heterocycles. The summed E-state index contributed by atoms with van der Waals surface area (Å²) in [5, 5.41) is 14.4. The monoisotopic (exact) mass is 725 g/mol. The Morgan fingerprint density at radius 1 is 0.827 bits per heavy atom. The number of allylic oxidation sites excluding steroid dienone is 1. The van der Waals surface area contributed by atoms with Crippen molar-refractivity contribution >= 4 is 23.6 Å². The summed E-state index contributed by atoms with van der Waals surface area (Å²) in [4.78, 5) is 52.4. The zero-order valence-electron chi connectivity index (χ0n) is 33.5. The second kappa shape index (κ2) is 23.8. The van der Waals surface area contributed by atoms with Crippen LogP contribution in [0.25, 0.3) is 0 Å². The van der Waals surface area contributed by atoms with E-state index in [2.05, 4.69) is 24.1 Å². The normalized spacial score (nSPS) is 14.0. The van der Waals surface area contributed by atoms with Crippen LogP contribution in [0.5, 0.6) is 5.75 Å². The van der Waals surface area contributed by atoms with E-state index in [1.165, 1.54) is 26.2 Å². The molecule has 9 heteroatoms. The third kappa shape index (κ3) is 21.7. The average Bonchev–Trinajstić information content (AvgIpc) is 3.02. The van der Waals surface area contributed by atoms with E-state index in [4.69, 9.17) is 14.2 Å². The third-order valence-electron chi connectivity index (χ3n) is 8.20. The molecule has 52 heavy (non-hydrogen) atoms. The molecule has 0 aliphatic heterocycles. The lowest BCUT2D eigenvalue weighted by molar-refractivity contribution is -0.164. The summed E-state index contributed by atoms with van der Waals surface area (Å²) >= 11 is 0. The van der Waals surface area contributed by atoms with Crippen molar-refractivity contribution in [3.8, 4) is 17.6 Å². The Balaban J connectivity index is 3.05. The minimum atomic E-state index is -1.82. The number of Topliss-reactive ketones (excluding diaryl/α,β-unsaturated/α-hetero) is 1. The summed E-state index contributed by atoms with van der Waals surface area (Å²) in [6.07, 6.45) is 14.4. The summed E-state index contributed by atoms with van der Waals surface area (Å²) in [6, 6.07) is 6.07. The van der Waals surface area contributed by atoms with Gasteiger partial charge in [0.2, 0.25) is 5.91 Å². The molecule has 292 valence electrons. The van der Waals surface area contributed by atoms with E-state index in [0.717, 1.165) is 44.1 Å². The van der Waals surface area contributed by atoms with Crippen molar-refractivity contribution in [2.45, 2.75) is 175 Å². The Bertz CT molecular complexity index is 1320. The molecule has 0 heterocycles. The predicted octanol–water partition coefficient (Wildman–Crippen LogP) is 8.38. The first-order valence-corrected chi connectivity index (χ1v) is 19.1. The van der Waals surface area contributed by atoms with Gasteiger partial charge in [-0.1, -0.05) is 75.7 Å². The number of carbonyl (C=O) groups excluding carboxylic acids is 4. The van der Waals surface area contributed by atoms with Crippen molar-refractivity contribution < 1.29 is 38.5 Å². The number of esters is 2. The molecule has 1 aromatic rings. The van der Waals surface area contributed by atoms with E-state index in [0.29, 0.717) is 30.8 Å². The first-order valence-electron chi connectivity index (χ1n) is 19.1. The Hall–Kier alpha value is -3.64. The Morgan fingerprint density at radius 3 is 1.96 bits per heavy atom. The van der Waals surface area contributed by atoms with E-state index < -0.39 is 53.0 Å². The molecule has 0 bridgehead atoms. The topological polar surface area (TPSA) is 128 Å². The molecule has 1 aromatic carbocycles. The number of unbranched alkanes of at least 4 members (excludes halogenated alkanes) is 8. The number of rotatable bonds is 24. The molecule has 1 amide bonds. The second-order valence-corrected chi connectivity index (χ2v) is 15.8. The fourth-order valence-corrected chi connectivity index (χ4v) is 5.55. The average molecular weight is 726 g/mol. The number of carbonyl (C=O) groups is 4. The lowest BCUT2D eigenvalue weighted by Gasteiger charge is -2.32. The first-order chi connectivity index (χ1) is 24.4. The van der Waals surface area contributed by atoms with Gasteiger partial charge >= 0.3 is 11.9 Å². The fourth-order valence-electron chi connectivity index (χ4n) is 5.55. The minimum Gasteiger partial charge on any atom is -0.481 e. The van der Waals surface area contributed by atoms with Gasteiger partial charge in [-0.3, -0.25) is 14.4 Å². The number of ketones is 1. The van der Waals surface area contributed by atoms with Crippen LogP contribution in [0.3, 0.4) is 0 Å². The van der Waals surface area contributed by atoms with Crippen LogP contribution < -0.4 is 10.1 Å². The second-order valence-electron chi connectivity index (χ2n) is 15.8. The lowest BCUT2D eigenvalue weighted by Crippen LogP contribution is -2.52. The van der Waals surface area contributed by atoms with Gasteiger partial charge in [0.15, 0.2) is 0 Å². The Morgan fingerprint density at radius 2 is 1.40 bits per heavy atom. The minimum absolute atomic E-state index is 0.127. The molecule has 0 saturated carbocycles. The summed E-state index contributed by atoms with van der Waals surface area (Å²) in [6.45, 7) is 16.1. The summed E-state index contributed by atoms with van der Waals surface area (Å²) in [5.41, 5.74) is -2.64. The van der Waals surface area contributed by atoms with E-state index in [1.807, 2.05) is 6.08 Å². The highest BCUT2D eigenvalue weighted by Gasteiger charge is 2.40. The van der Waals surface area contributed by atoms with Crippen LogP contribution in [0.4, 0.5) is 0 Å². The van der Waals surface area contributed by atoms with E-state index >= 15 is 0 Å². The van der Waals surface area contributed by atoms with Gasteiger partial charge in [0, 0.05) is 19.3 Å². The quantitative estimate of drug-likeness (QED) is 0.0471. The molecule has 1 unspecified atom stereocenters. The van der Waals surface area contributed by atoms with Crippen LogP contribution in [0.2, 0.25) is 0 Å². The Kier molecular flexibility index (Phi) is 21.3. The fraction of sp³-hybridized carbons (Fsp3) is 0.674. The zero-order chi connectivity index (χ0) is 39.2. The van der Waals surface area contributed by atoms with Gasteiger partial charge in [-0.15, -0.1) is 5.92 Å². The van der Waals surface area contributed by atoms with Gasteiger partial charge in [-0.05, 0) is 98.8 Å². The molecule has 0 aliphatic rings. The maximum absolute atomic E-state index is 14.0. The molecule has 0 spiro atoms. The standard InChI is InChI=1S/C43H67NO8/c1-10-12-14-17-20-23-34(45)24-21-18-15-16-19-22-25-36(43(9,49)32-38(46)51-41(3,4)5)39(47)44-37(40(48)52-42(6,7)8)31-33-26-28-35(29-27-33)50-30-13-11-2/h22,25-29,36-37,49H,10,12,14-21,23-24,30-32H2,1-9H3,(H,44,47)/b25-22+/t36-,37?,43+/m1/s1. The SMILES string of the molecule is CC#CCOc1ccc(CC(NC(=O)[C@@H](/C=C/CCCCCCC(=O)CCCCCCC)[C@@](C)(O)CC(=O)OC(C)(C)C)C(=O)OC(C)(C)C)cc1. The van der Waals surface area contributed by atoms with Gasteiger partial charge in [0.25, 0.3) is 0 Å². The molecular formula is C43H67NO8. The van der Waals surface area contributed by atoms with Gasteiger partial charge in [-0.2, -0.15) is 0 Å². The van der Waals surface area contributed by atoms with E-state index in [-0.39, 0.29) is 13.0 Å². The molecular weight excluding hydrogens is 658 g/mol. The molecule has 9 nitrogen and oxygen atoms in total. The summed E-state index contributed by atoms with van der Waals surface area (Å²) in [7, 11) is 0. The van der Waals surface area contributed by atoms with Crippen LogP contribution in [0, 0.1) is 17.8 Å².